The average Bonchev–Trinajstić information content (AvgIpc) is 2.72. The Bertz CT molecular complexity index is 1060. The number of pyridine rings is 2. The smallest absolute Gasteiger partial charge is 0.158 e. The fourth-order valence-corrected chi connectivity index (χ4v) is 3.67. The van der Waals surface area contributed by atoms with E-state index < -0.39 is 0 Å². The summed E-state index contributed by atoms with van der Waals surface area (Å²) in [7, 11) is 2.11. The van der Waals surface area contributed by atoms with Crippen LogP contribution in [0.3, 0.4) is 0 Å². The summed E-state index contributed by atoms with van der Waals surface area (Å²) in [6, 6.07) is 8.13. The highest BCUT2D eigenvalue weighted by atomic mass is 15.3. The maximum atomic E-state index is 5.07. The van der Waals surface area contributed by atoms with Crippen molar-refractivity contribution in [2.75, 3.05) is 35.3 Å². The third-order valence-electron chi connectivity index (χ3n) is 5.36. The number of aryl methyl sites for hydroxylation is 2. The van der Waals surface area contributed by atoms with Gasteiger partial charge in [0, 0.05) is 49.9 Å². The summed E-state index contributed by atoms with van der Waals surface area (Å²) in [6.45, 7) is 10.2. The molecule has 0 saturated carbocycles. The number of anilines is 3. The Balaban J connectivity index is 1.74. The van der Waals surface area contributed by atoms with Crippen molar-refractivity contribution in [2.24, 2.45) is 0 Å². The second-order valence-corrected chi connectivity index (χ2v) is 7.63. The van der Waals surface area contributed by atoms with Crippen LogP contribution in [0.2, 0.25) is 0 Å². The first-order chi connectivity index (χ1) is 14.5. The average molecular weight is 402 g/mol. The van der Waals surface area contributed by atoms with Crippen molar-refractivity contribution >= 4 is 17.3 Å². The van der Waals surface area contributed by atoms with E-state index in [-0.39, 0.29) is 0 Å². The molecular formula is C23H27N7. The number of fused-ring (bicyclic) bond motifs is 1. The number of rotatable bonds is 4. The lowest BCUT2D eigenvalue weighted by Gasteiger charge is -2.33. The maximum Gasteiger partial charge on any atom is 0.158 e. The Morgan fingerprint density at radius 3 is 2.73 bits per heavy atom. The summed E-state index contributed by atoms with van der Waals surface area (Å²) >= 11 is 0. The van der Waals surface area contributed by atoms with Gasteiger partial charge in [-0.05, 0) is 50.5 Å². The summed E-state index contributed by atoms with van der Waals surface area (Å²) in [4.78, 5) is 22.3. The third kappa shape index (κ3) is 4.10. The summed E-state index contributed by atoms with van der Waals surface area (Å²) in [5.41, 5.74) is 5.08. The minimum Gasteiger partial charge on any atom is -0.372 e. The van der Waals surface area contributed by atoms with Crippen LogP contribution in [-0.4, -0.2) is 40.1 Å². The fraction of sp³-hybridized carbons (Fsp3) is 0.304. The number of aromatic nitrogens is 4. The summed E-state index contributed by atoms with van der Waals surface area (Å²) in [6.07, 6.45) is 7.39. The predicted molar refractivity (Wildman–Crippen MR) is 122 cm³/mol. The van der Waals surface area contributed by atoms with E-state index in [0.29, 0.717) is 0 Å². The minimum absolute atomic E-state index is 0.726. The zero-order valence-electron chi connectivity index (χ0n) is 17.8. The molecule has 3 aromatic rings. The molecule has 0 aromatic carbocycles. The van der Waals surface area contributed by atoms with Gasteiger partial charge in [0.15, 0.2) is 5.82 Å². The van der Waals surface area contributed by atoms with Gasteiger partial charge in [-0.1, -0.05) is 6.58 Å². The van der Waals surface area contributed by atoms with Crippen LogP contribution in [0, 0.1) is 13.8 Å². The van der Waals surface area contributed by atoms with Crippen molar-refractivity contribution in [1.29, 1.82) is 0 Å². The van der Waals surface area contributed by atoms with E-state index in [4.69, 9.17) is 4.98 Å². The number of nitrogens with zero attached hydrogens (tertiary/aromatic N) is 6. The SMILES string of the molecule is C=C(Nc1cc(C)ncn1)N1CCCCN(C)c2ccc(-c3cnccc3C)nc21. The first-order valence-electron chi connectivity index (χ1n) is 10.2. The molecule has 0 saturated heterocycles. The zero-order chi connectivity index (χ0) is 21.1. The van der Waals surface area contributed by atoms with Crippen molar-refractivity contribution in [3.05, 3.63) is 66.6 Å². The largest absolute Gasteiger partial charge is 0.372 e. The maximum absolute atomic E-state index is 5.07. The van der Waals surface area contributed by atoms with Gasteiger partial charge in [-0.3, -0.25) is 4.98 Å². The predicted octanol–water partition coefficient (Wildman–Crippen LogP) is 4.17. The van der Waals surface area contributed by atoms with Gasteiger partial charge in [-0.15, -0.1) is 0 Å². The molecule has 0 spiro atoms. The lowest BCUT2D eigenvalue weighted by atomic mass is 10.1. The molecule has 7 heteroatoms. The summed E-state index contributed by atoms with van der Waals surface area (Å²) in [5, 5.41) is 3.34. The molecule has 7 nitrogen and oxygen atoms in total. The first kappa shape index (κ1) is 19.8. The Labute approximate surface area is 177 Å². The van der Waals surface area contributed by atoms with E-state index in [2.05, 4.69) is 62.8 Å². The fourth-order valence-electron chi connectivity index (χ4n) is 3.67. The molecule has 1 aliphatic heterocycles. The highest BCUT2D eigenvalue weighted by Crippen LogP contribution is 2.34. The van der Waals surface area contributed by atoms with Crippen LogP contribution in [0.5, 0.6) is 0 Å². The molecule has 0 aliphatic carbocycles. The van der Waals surface area contributed by atoms with E-state index in [1.807, 2.05) is 31.5 Å². The van der Waals surface area contributed by atoms with Crippen molar-refractivity contribution in [3.8, 4) is 11.3 Å². The standard InChI is InChI=1S/C23H27N7/c1-16-9-10-24-14-19(16)20-7-8-21-23(28-20)30(12-6-5-11-29(21)4)18(3)27-22-13-17(2)25-15-26-22/h7-10,13-15H,3,5-6,11-12H2,1-2,4H3,(H,25,26,27). The van der Waals surface area contributed by atoms with Gasteiger partial charge in [-0.2, -0.15) is 0 Å². The quantitative estimate of drug-likeness (QED) is 0.703. The van der Waals surface area contributed by atoms with Crippen LogP contribution < -0.4 is 15.1 Å². The highest BCUT2D eigenvalue weighted by molar-refractivity contribution is 5.75. The molecule has 0 unspecified atom stereocenters. The molecule has 3 aromatic heterocycles. The van der Waals surface area contributed by atoms with Gasteiger partial charge in [0.25, 0.3) is 0 Å². The second-order valence-electron chi connectivity index (χ2n) is 7.63. The van der Waals surface area contributed by atoms with Crippen LogP contribution in [0.15, 0.2) is 55.4 Å². The van der Waals surface area contributed by atoms with Crippen LogP contribution in [-0.2, 0) is 0 Å². The molecule has 1 N–H and O–H groups in total. The molecule has 0 radical (unpaired) electrons. The lowest BCUT2D eigenvalue weighted by Crippen LogP contribution is -2.33. The Morgan fingerprint density at radius 1 is 1.10 bits per heavy atom. The zero-order valence-corrected chi connectivity index (χ0v) is 17.8. The van der Waals surface area contributed by atoms with Gasteiger partial charge in [0.05, 0.1) is 11.4 Å². The molecule has 4 heterocycles. The monoisotopic (exact) mass is 401 g/mol. The number of hydrogen-bond acceptors (Lipinski definition) is 7. The first-order valence-corrected chi connectivity index (χ1v) is 10.2. The molecule has 0 fully saturated rings. The Morgan fingerprint density at radius 2 is 1.93 bits per heavy atom. The molecular weight excluding hydrogens is 374 g/mol. The van der Waals surface area contributed by atoms with E-state index in [1.54, 1.807) is 6.33 Å². The number of nitrogens with one attached hydrogen (secondary N) is 1. The van der Waals surface area contributed by atoms with Gasteiger partial charge in [-0.25, -0.2) is 15.0 Å². The van der Waals surface area contributed by atoms with Crippen molar-refractivity contribution in [2.45, 2.75) is 26.7 Å². The van der Waals surface area contributed by atoms with E-state index in [0.717, 1.165) is 71.6 Å². The van der Waals surface area contributed by atoms with E-state index in [9.17, 15) is 0 Å². The number of hydrogen-bond donors (Lipinski definition) is 1. The molecule has 0 amide bonds. The lowest BCUT2D eigenvalue weighted by molar-refractivity contribution is 0.687. The van der Waals surface area contributed by atoms with Crippen LogP contribution in [0.1, 0.15) is 24.1 Å². The van der Waals surface area contributed by atoms with E-state index in [1.165, 1.54) is 0 Å². The molecule has 0 atom stereocenters. The van der Waals surface area contributed by atoms with Gasteiger partial charge >= 0.3 is 0 Å². The van der Waals surface area contributed by atoms with Gasteiger partial charge in [0.2, 0.25) is 0 Å². The van der Waals surface area contributed by atoms with Crippen LogP contribution in [0.4, 0.5) is 17.3 Å². The topological polar surface area (TPSA) is 70.1 Å². The van der Waals surface area contributed by atoms with Gasteiger partial charge < -0.3 is 15.1 Å². The molecule has 1 aliphatic rings. The van der Waals surface area contributed by atoms with Crippen molar-refractivity contribution < 1.29 is 0 Å². The minimum atomic E-state index is 0.726. The second kappa shape index (κ2) is 8.49. The third-order valence-corrected chi connectivity index (χ3v) is 5.36. The van der Waals surface area contributed by atoms with Gasteiger partial charge in [0.1, 0.15) is 18.0 Å². The van der Waals surface area contributed by atoms with Crippen molar-refractivity contribution in [1.82, 2.24) is 19.9 Å². The molecule has 154 valence electrons. The van der Waals surface area contributed by atoms with Crippen LogP contribution >= 0.6 is 0 Å². The summed E-state index contributed by atoms with van der Waals surface area (Å²) < 4.78 is 0. The highest BCUT2D eigenvalue weighted by Gasteiger charge is 2.22. The normalized spacial score (nSPS) is 14.0. The summed E-state index contributed by atoms with van der Waals surface area (Å²) in [5.74, 6) is 2.36. The Hall–Kier alpha value is -3.48. The molecule has 4 rings (SSSR count). The molecule has 30 heavy (non-hydrogen) atoms. The van der Waals surface area contributed by atoms with Crippen LogP contribution in [0.25, 0.3) is 11.3 Å². The van der Waals surface area contributed by atoms with E-state index >= 15 is 0 Å². The molecule has 0 bridgehead atoms. The van der Waals surface area contributed by atoms with Crippen molar-refractivity contribution in [3.63, 3.8) is 0 Å². The Kier molecular flexibility index (Phi) is 5.61.